The van der Waals surface area contributed by atoms with Crippen LogP contribution in [0.25, 0.3) is 21.5 Å². The number of ketones is 1. The van der Waals surface area contributed by atoms with Crippen LogP contribution in [0.2, 0.25) is 0 Å². The van der Waals surface area contributed by atoms with Crippen molar-refractivity contribution < 1.29 is 4.79 Å². The molecule has 1 aliphatic heterocycles. The van der Waals surface area contributed by atoms with Crippen molar-refractivity contribution in [2.24, 2.45) is 0 Å². The number of rotatable bonds is 3. The molecule has 2 nitrogen and oxygen atoms in total. The average molecular weight is 351 g/mol. The second-order valence-corrected chi connectivity index (χ2v) is 7.40. The summed E-state index contributed by atoms with van der Waals surface area (Å²) < 4.78 is 0. The van der Waals surface area contributed by atoms with Crippen molar-refractivity contribution in [3.8, 4) is 0 Å². The molecular weight excluding hydrogens is 330 g/mol. The molecule has 0 radical (unpaired) electrons. The van der Waals surface area contributed by atoms with Gasteiger partial charge in [-0.2, -0.15) is 0 Å². The predicted molar refractivity (Wildman–Crippen MR) is 111 cm³/mol. The Morgan fingerprint density at radius 3 is 2.41 bits per heavy atom. The fourth-order valence-corrected chi connectivity index (χ4v) is 4.18. The number of hydrogen-bond acceptors (Lipinski definition) is 2. The fraction of sp³-hybridized carbons (Fsp3) is 0.160. The third-order valence-corrected chi connectivity index (χ3v) is 5.67. The van der Waals surface area contributed by atoms with Gasteiger partial charge < -0.3 is 5.32 Å². The summed E-state index contributed by atoms with van der Waals surface area (Å²) in [6, 6.07) is 27.4. The number of benzene rings is 4. The first-order valence-corrected chi connectivity index (χ1v) is 9.53. The topological polar surface area (TPSA) is 29.1 Å². The van der Waals surface area contributed by atoms with E-state index in [4.69, 9.17) is 0 Å². The highest BCUT2D eigenvalue weighted by Gasteiger charge is 2.21. The molecule has 1 aliphatic rings. The molecule has 1 unspecified atom stereocenters. The number of fused-ring (bicyclic) bond motifs is 4. The van der Waals surface area contributed by atoms with E-state index in [2.05, 4.69) is 78.1 Å². The fourth-order valence-electron chi connectivity index (χ4n) is 4.18. The van der Waals surface area contributed by atoms with Gasteiger partial charge in [-0.25, -0.2) is 0 Å². The Morgan fingerprint density at radius 1 is 0.815 bits per heavy atom. The largest absolute Gasteiger partial charge is 0.309 e. The number of carbonyl (C=O) groups is 1. The van der Waals surface area contributed by atoms with E-state index >= 15 is 0 Å². The summed E-state index contributed by atoms with van der Waals surface area (Å²) in [6.45, 7) is 0.844. The maximum Gasteiger partial charge on any atom is 0.164 e. The summed E-state index contributed by atoms with van der Waals surface area (Å²) in [7, 11) is 0. The van der Waals surface area contributed by atoms with Gasteiger partial charge in [0.1, 0.15) is 0 Å². The Bertz CT molecular complexity index is 1160. The summed E-state index contributed by atoms with van der Waals surface area (Å²) >= 11 is 0. The first kappa shape index (κ1) is 16.2. The van der Waals surface area contributed by atoms with Crippen LogP contribution < -0.4 is 5.32 Å². The lowest BCUT2D eigenvalue weighted by atomic mass is 9.91. The van der Waals surface area contributed by atoms with E-state index in [0.29, 0.717) is 6.42 Å². The first-order chi connectivity index (χ1) is 13.3. The van der Waals surface area contributed by atoms with Crippen LogP contribution in [0.15, 0.2) is 78.9 Å². The van der Waals surface area contributed by atoms with Gasteiger partial charge in [-0.15, -0.1) is 0 Å². The number of nitrogens with one attached hydrogen (secondary N) is 1. The van der Waals surface area contributed by atoms with E-state index in [1.54, 1.807) is 0 Å². The van der Waals surface area contributed by atoms with Gasteiger partial charge in [0, 0.05) is 24.6 Å². The Morgan fingerprint density at radius 2 is 1.52 bits per heavy atom. The molecule has 0 aliphatic carbocycles. The van der Waals surface area contributed by atoms with E-state index in [1.165, 1.54) is 27.3 Å². The van der Waals surface area contributed by atoms with Gasteiger partial charge >= 0.3 is 0 Å². The van der Waals surface area contributed by atoms with Crippen LogP contribution >= 0.6 is 0 Å². The van der Waals surface area contributed by atoms with Gasteiger partial charge in [-0.05, 0) is 45.2 Å². The lowest BCUT2D eigenvalue weighted by Gasteiger charge is -2.25. The van der Waals surface area contributed by atoms with Crippen molar-refractivity contribution in [1.82, 2.24) is 5.32 Å². The minimum Gasteiger partial charge on any atom is -0.309 e. The first-order valence-electron chi connectivity index (χ1n) is 9.53. The van der Waals surface area contributed by atoms with E-state index in [-0.39, 0.29) is 11.8 Å². The Balaban J connectivity index is 1.43. The predicted octanol–water partition coefficient (Wildman–Crippen LogP) is 5.28. The molecule has 27 heavy (non-hydrogen) atoms. The smallest absolute Gasteiger partial charge is 0.164 e. The minimum absolute atomic E-state index is 0.204. The molecule has 1 heterocycles. The van der Waals surface area contributed by atoms with Crippen molar-refractivity contribution in [2.75, 3.05) is 0 Å². The maximum absolute atomic E-state index is 13.0. The molecule has 2 heteroatoms. The quantitative estimate of drug-likeness (QED) is 0.402. The molecule has 0 fully saturated rings. The third kappa shape index (κ3) is 3.02. The molecule has 5 rings (SSSR count). The van der Waals surface area contributed by atoms with Gasteiger partial charge in [-0.1, -0.05) is 72.8 Å². The second kappa shape index (κ2) is 6.64. The van der Waals surface area contributed by atoms with Gasteiger partial charge in [-0.3, -0.25) is 4.79 Å². The van der Waals surface area contributed by atoms with E-state index in [0.717, 1.165) is 23.9 Å². The lowest BCUT2D eigenvalue weighted by molar-refractivity contribution is 0.0967. The summed E-state index contributed by atoms with van der Waals surface area (Å²) in [4.78, 5) is 13.0. The standard InChI is InChI=1S/C25H21NO/c27-25(15-22-13-19-6-1-2-7-21(19)16-26-22)20-12-11-18-10-9-17-5-3-4-8-23(17)24(18)14-20/h1-12,14,22,26H,13,15-16H2. The molecular formula is C25H21NO. The molecule has 0 spiro atoms. The summed E-state index contributed by atoms with van der Waals surface area (Å²) in [5.41, 5.74) is 3.51. The van der Waals surface area contributed by atoms with Crippen LogP contribution in [0.5, 0.6) is 0 Å². The summed E-state index contributed by atoms with van der Waals surface area (Å²) in [5, 5.41) is 8.26. The zero-order valence-corrected chi connectivity index (χ0v) is 15.1. The van der Waals surface area contributed by atoms with Crippen LogP contribution in [0.3, 0.4) is 0 Å². The highest BCUT2D eigenvalue weighted by atomic mass is 16.1. The second-order valence-electron chi connectivity index (χ2n) is 7.40. The highest BCUT2D eigenvalue weighted by molar-refractivity contribution is 6.10. The number of carbonyl (C=O) groups excluding carboxylic acids is 1. The van der Waals surface area contributed by atoms with E-state index < -0.39 is 0 Å². The monoisotopic (exact) mass is 351 g/mol. The molecule has 132 valence electrons. The van der Waals surface area contributed by atoms with E-state index in [9.17, 15) is 4.79 Å². The Kier molecular flexibility index (Phi) is 3.99. The Hall–Kier alpha value is -2.97. The van der Waals surface area contributed by atoms with Crippen molar-refractivity contribution >= 4 is 27.3 Å². The average Bonchev–Trinajstić information content (AvgIpc) is 2.73. The molecule has 0 saturated heterocycles. The number of Topliss-reactive ketones (excluding diaryl/α,β-unsaturated/α-hetero) is 1. The van der Waals surface area contributed by atoms with Crippen molar-refractivity contribution in [3.63, 3.8) is 0 Å². The van der Waals surface area contributed by atoms with Gasteiger partial charge in [0.05, 0.1) is 0 Å². The Labute approximate surface area is 158 Å². The SMILES string of the molecule is O=C(CC1Cc2ccccc2CN1)c1ccc2ccc3ccccc3c2c1. The van der Waals surface area contributed by atoms with Crippen molar-refractivity contribution in [2.45, 2.75) is 25.4 Å². The lowest BCUT2D eigenvalue weighted by Crippen LogP contribution is -2.37. The molecule has 4 aromatic rings. The minimum atomic E-state index is 0.204. The molecule has 0 aromatic heterocycles. The molecule has 4 aromatic carbocycles. The van der Waals surface area contributed by atoms with Gasteiger partial charge in [0.15, 0.2) is 5.78 Å². The maximum atomic E-state index is 13.0. The van der Waals surface area contributed by atoms with Crippen LogP contribution in [0.1, 0.15) is 27.9 Å². The zero-order chi connectivity index (χ0) is 18.2. The molecule has 1 atom stereocenters. The van der Waals surface area contributed by atoms with Gasteiger partial charge in [0.25, 0.3) is 0 Å². The zero-order valence-electron chi connectivity index (χ0n) is 15.1. The highest BCUT2D eigenvalue weighted by Crippen LogP contribution is 2.27. The third-order valence-electron chi connectivity index (χ3n) is 5.67. The van der Waals surface area contributed by atoms with Crippen LogP contribution in [0, 0.1) is 0 Å². The normalized spacial score (nSPS) is 16.4. The number of hydrogen-bond donors (Lipinski definition) is 1. The van der Waals surface area contributed by atoms with Crippen molar-refractivity contribution in [1.29, 1.82) is 0 Å². The van der Waals surface area contributed by atoms with E-state index in [1.807, 2.05) is 6.07 Å². The molecule has 0 saturated carbocycles. The van der Waals surface area contributed by atoms with Gasteiger partial charge in [0.2, 0.25) is 0 Å². The van der Waals surface area contributed by atoms with Crippen molar-refractivity contribution in [3.05, 3.63) is 95.6 Å². The molecule has 1 N–H and O–H groups in total. The van der Waals surface area contributed by atoms with Crippen LogP contribution in [0.4, 0.5) is 0 Å². The molecule has 0 bridgehead atoms. The van der Waals surface area contributed by atoms with Crippen LogP contribution in [-0.4, -0.2) is 11.8 Å². The summed E-state index contributed by atoms with van der Waals surface area (Å²) in [5.74, 6) is 0.210. The van der Waals surface area contributed by atoms with Crippen LogP contribution in [-0.2, 0) is 13.0 Å². The summed E-state index contributed by atoms with van der Waals surface area (Å²) in [6.07, 6.45) is 1.45. The molecule has 0 amide bonds.